The van der Waals surface area contributed by atoms with Gasteiger partial charge in [-0.3, -0.25) is 29.4 Å². The first-order chi connectivity index (χ1) is 15.8. The highest BCUT2D eigenvalue weighted by molar-refractivity contribution is 6.26. The van der Waals surface area contributed by atoms with Crippen LogP contribution < -0.4 is 10.2 Å². The largest absolute Gasteiger partial charge is 0.324 e. The van der Waals surface area contributed by atoms with Gasteiger partial charge in [0.05, 0.1) is 22.4 Å². The normalized spacial score (nSPS) is 30.1. The predicted molar refractivity (Wildman–Crippen MR) is 119 cm³/mol. The summed E-state index contributed by atoms with van der Waals surface area (Å²) in [5.41, 5.74) is 1.90. The van der Waals surface area contributed by atoms with E-state index in [0.29, 0.717) is 23.5 Å². The minimum absolute atomic E-state index is 0.103. The van der Waals surface area contributed by atoms with Crippen LogP contribution in [0.3, 0.4) is 0 Å². The van der Waals surface area contributed by atoms with Crippen LogP contribution in [0.1, 0.15) is 29.5 Å². The third-order valence-corrected chi connectivity index (χ3v) is 7.78. The van der Waals surface area contributed by atoms with Crippen molar-refractivity contribution in [1.29, 1.82) is 0 Å². The standard InChI is InChI=1S/C24H22N4O5/c1-12-5-7-16-15(10-12)24(23(31)25-16)20-19(18-4-3-9-26(18)24)21(29)27(22(20)30)17-8-6-14(28(32)33)11-13(17)2/h5-8,10-11,18-20H,3-4,9H2,1-2H3,(H,25,31)/t18-,19-,20-,24+/m1/s1. The van der Waals surface area contributed by atoms with Crippen molar-refractivity contribution in [2.45, 2.75) is 38.3 Å². The summed E-state index contributed by atoms with van der Waals surface area (Å²) in [5.74, 6) is -2.48. The number of amides is 3. The Labute approximate surface area is 189 Å². The number of aryl methyl sites for hydroxylation is 2. The van der Waals surface area contributed by atoms with Crippen molar-refractivity contribution in [3.8, 4) is 0 Å². The van der Waals surface area contributed by atoms with Gasteiger partial charge < -0.3 is 5.32 Å². The zero-order valence-electron chi connectivity index (χ0n) is 18.2. The molecule has 0 unspecified atom stereocenters. The number of benzene rings is 2. The fraction of sp³-hybridized carbons (Fsp3) is 0.375. The fourth-order valence-electron chi connectivity index (χ4n) is 6.56. The van der Waals surface area contributed by atoms with Crippen LogP contribution in [-0.4, -0.2) is 40.1 Å². The SMILES string of the molecule is Cc1ccc2c(c1)[C@@]1(C(=O)N2)[C@H]2C(=O)N(c3ccc([N+](=O)[O-])cc3C)C(=O)[C@@H]2[C@H]2CCCN21. The summed E-state index contributed by atoms with van der Waals surface area (Å²) in [6, 6.07) is 9.64. The molecule has 9 heteroatoms. The Morgan fingerprint density at radius 1 is 1.09 bits per heavy atom. The van der Waals surface area contributed by atoms with E-state index in [1.807, 2.05) is 25.1 Å². The molecule has 4 heterocycles. The quantitative estimate of drug-likeness (QED) is 0.431. The molecule has 1 N–H and O–H groups in total. The van der Waals surface area contributed by atoms with E-state index >= 15 is 0 Å². The number of nitrogens with zero attached hydrogens (tertiary/aromatic N) is 3. The van der Waals surface area contributed by atoms with Crippen LogP contribution >= 0.6 is 0 Å². The molecular weight excluding hydrogens is 424 g/mol. The Hall–Kier alpha value is -3.59. The molecule has 4 atom stereocenters. The van der Waals surface area contributed by atoms with Gasteiger partial charge in [-0.25, -0.2) is 4.90 Å². The molecular formula is C24H22N4O5. The van der Waals surface area contributed by atoms with Gasteiger partial charge in [0.15, 0.2) is 0 Å². The van der Waals surface area contributed by atoms with Gasteiger partial charge in [0.25, 0.3) is 5.69 Å². The number of rotatable bonds is 2. The van der Waals surface area contributed by atoms with E-state index in [0.717, 1.165) is 28.9 Å². The second-order valence-electron chi connectivity index (χ2n) is 9.42. The Morgan fingerprint density at radius 3 is 2.61 bits per heavy atom. The number of nitro benzene ring substituents is 1. The van der Waals surface area contributed by atoms with Crippen molar-refractivity contribution in [2.75, 3.05) is 16.8 Å². The number of nitrogens with one attached hydrogen (secondary N) is 1. The van der Waals surface area contributed by atoms with Crippen molar-refractivity contribution >= 4 is 34.8 Å². The van der Waals surface area contributed by atoms with Crippen LogP contribution in [0, 0.1) is 35.8 Å². The van der Waals surface area contributed by atoms with E-state index < -0.39 is 28.2 Å². The smallest absolute Gasteiger partial charge is 0.269 e. The Kier molecular flexibility index (Phi) is 3.93. The van der Waals surface area contributed by atoms with Crippen molar-refractivity contribution < 1.29 is 19.3 Å². The zero-order chi connectivity index (χ0) is 23.2. The van der Waals surface area contributed by atoms with Gasteiger partial charge in [0.2, 0.25) is 17.7 Å². The molecule has 33 heavy (non-hydrogen) atoms. The number of fused-ring (bicyclic) bond motifs is 7. The molecule has 4 aliphatic heterocycles. The summed E-state index contributed by atoms with van der Waals surface area (Å²) in [7, 11) is 0. The molecule has 168 valence electrons. The molecule has 3 fully saturated rings. The summed E-state index contributed by atoms with van der Waals surface area (Å²) in [6.45, 7) is 4.24. The van der Waals surface area contributed by atoms with Gasteiger partial charge >= 0.3 is 0 Å². The van der Waals surface area contributed by atoms with Gasteiger partial charge in [-0.1, -0.05) is 17.7 Å². The molecule has 0 bridgehead atoms. The molecule has 0 radical (unpaired) electrons. The average molecular weight is 446 g/mol. The number of carbonyl (C=O) groups is 3. The maximum absolute atomic E-state index is 14.0. The van der Waals surface area contributed by atoms with E-state index in [2.05, 4.69) is 10.2 Å². The molecule has 0 saturated carbocycles. The maximum Gasteiger partial charge on any atom is 0.269 e. The van der Waals surface area contributed by atoms with Crippen molar-refractivity contribution in [2.24, 2.45) is 11.8 Å². The molecule has 0 aromatic heterocycles. The Balaban J connectivity index is 1.53. The van der Waals surface area contributed by atoms with Crippen LogP contribution in [0.25, 0.3) is 0 Å². The summed E-state index contributed by atoms with van der Waals surface area (Å²) in [4.78, 5) is 55.2. The second kappa shape index (κ2) is 6.48. The molecule has 3 saturated heterocycles. The van der Waals surface area contributed by atoms with Gasteiger partial charge in [0.1, 0.15) is 5.54 Å². The summed E-state index contributed by atoms with van der Waals surface area (Å²) in [5, 5.41) is 14.1. The van der Waals surface area contributed by atoms with Crippen LogP contribution in [0.5, 0.6) is 0 Å². The first kappa shape index (κ1) is 20.0. The van der Waals surface area contributed by atoms with E-state index in [1.54, 1.807) is 6.92 Å². The molecule has 6 rings (SSSR count). The van der Waals surface area contributed by atoms with Crippen LogP contribution in [0.2, 0.25) is 0 Å². The first-order valence-corrected chi connectivity index (χ1v) is 11.1. The third kappa shape index (κ3) is 2.32. The number of hydrogen-bond donors (Lipinski definition) is 1. The van der Waals surface area contributed by atoms with Crippen LogP contribution in [-0.2, 0) is 19.9 Å². The summed E-state index contributed by atoms with van der Waals surface area (Å²) >= 11 is 0. The lowest BCUT2D eigenvalue weighted by Gasteiger charge is -2.36. The van der Waals surface area contributed by atoms with E-state index in [-0.39, 0.29) is 23.5 Å². The molecule has 1 spiro atoms. The molecule has 2 aromatic carbocycles. The molecule has 9 nitrogen and oxygen atoms in total. The molecule has 4 aliphatic rings. The Morgan fingerprint density at radius 2 is 1.88 bits per heavy atom. The number of nitro groups is 1. The maximum atomic E-state index is 14.0. The van der Waals surface area contributed by atoms with E-state index in [1.165, 1.54) is 18.2 Å². The number of anilines is 2. The summed E-state index contributed by atoms with van der Waals surface area (Å²) < 4.78 is 0. The number of hydrogen-bond acceptors (Lipinski definition) is 6. The number of carbonyl (C=O) groups excluding carboxylic acids is 3. The lowest BCUT2D eigenvalue weighted by atomic mass is 9.75. The van der Waals surface area contributed by atoms with Gasteiger partial charge in [0, 0.05) is 29.4 Å². The highest BCUT2D eigenvalue weighted by Crippen LogP contribution is 2.60. The number of imide groups is 1. The Bertz CT molecular complexity index is 1290. The lowest BCUT2D eigenvalue weighted by molar-refractivity contribution is -0.384. The second-order valence-corrected chi connectivity index (χ2v) is 9.42. The van der Waals surface area contributed by atoms with Crippen LogP contribution in [0.15, 0.2) is 36.4 Å². The van der Waals surface area contributed by atoms with Gasteiger partial charge in [-0.15, -0.1) is 0 Å². The predicted octanol–water partition coefficient (Wildman–Crippen LogP) is 2.64. The monoisotopic (exact) mass is 446 g/mol. The highest BCUT2D eigenvalue weighted by atomic mass is 16.6. The topological polar surface area (TPSA) is 113 Å². The van der Waals surface area contributed by atoms with Gasteiger partial charge in [-0.05, 0) is 50.9 Å². The van der Waals surface area contributed by atoms with Crippen LogP contribution in [0.4, 0.5) is 17.1 Å². The lowest BCUT2D eigenvalue weighted by Crippen LogP contribution is -2.54. The zero-order valence-corrected chi connectivity index (χ0v) is 18.2. The highest BCUT2D eigenvalue weighted by Gasteiger charge is 2.74. The van der Waals surface area contributed by atoms with E-state index in [9.17, 15) is 24.5 Å². The van der Waals surface area contributed by atoms with E-state index in [4.69, 9.17) is 0 Å². The first-order valence-electron chi connectivity index (χ1n) is 11.1. The number of non-ortho nitro benzene ring substituents is 1. The molecule has 3 amide bonds. The van der Waals surface area contributed by atoms with Crippen molar-refractivity contribution in [3.05, 3.63) is 63.2 Å². The average Bonchev–Trinajstić information content (AvgIpc) is 3.47. The summed E-state index contributed by atoms with van der Waals surface area (Å²) in [6.07, 6.45) is 1.59. The van der Waals surface area contributed by atoms with Crippen molar-refractivity contribution in [3.63, 3.8) is 0 Å². The van der Waals surface area contributed by atoms with Crippen molar-refractivity contribution in [1.82, 2.24) is 4.90 Å². The minimum Gasteiger partial charge on any atom is -0.324 e. The fourth-order valence-corrected chi connectivity index (χ4v) is 6.56. The molecule has 2 aromatic rings. The minimum atomic E-state index is -1.22. The third-order valence-electron chi connectivity index (χ3n) is 7.78. The van der Waals surface area contributed by atoms with Gasteiger partial charge in [-0.2, -0.15) is 0 Å². The molecule has 0 aliphatic carbocycles.